The number of rotatable bonds is 45. The number of esters is 1. The molecule has 3 atom stereocenters. The van der Waals surface area contributed by atoms with Crippen LogP contribution in [0.15, 0.2) is 60.8 Å². The number of aliphatic hydroxyl groups excluding tert-OH is 2. The third-order valence-electron chi connectivity index (χ3n) is 11.3. The summed E-state index contributed by atoms with van der Waals surface area (Å²) in [6, 6.07) is -0.725. The zero-order chi connectivity index (χ0) is 43.8. The molecule has 3 N–H and O–H groups in total. The first-order chi connectivity index (χ1) is 29.5. The molecule has 0 saturated carbocycles. The smallest absolute Gasteiger partial charge is 0.306 e. The molecule has 348 valence electrons. The number of amides is 1. The monoisotopic (exact) mass is 840 g/mol. The lowest BCUT2D eigenvalue weighted by Crippen LogP contribution is -2.46. The normalized spacial score (nSPS) is 13.8. The number of hydrogen-bond donors (Lipinski definition) is 3. The number of carbonyl (C=O) groups excluding carboxylic acids is 2. The molecule has 0 rings (SSSR count). The lowest BCUT2D eigenvalue weighted by molar-refractivity contribution is -0.150. The van der Waals surface area contributed by atoms with Gasteiger partial charge in [0.1, 0.15) is 6.10 Å². The molecule has 0 aromatic heterocycles. The third-order valence-corrected chi connectivity index (χ3v) is 11.3. The van der Waals surface area contributed by atoms with E-state index in [0.29, 0.717) is 19.3 Å². The van der Waals surface area contributed by atoms with Gasteiger partial charge in [-0.15, -0.1) is 0 Å². The summed E-state index contributed by atoms with van der Waals surface area (Å²) in [6.07, 6.45) is 58.6. The van der Waals surface area contributed by atoms with Gasteiger partial charge in [0.25, 0.3) is 0 Å². The zero-order valence-electron chi connectivity index (χ0n) is 39.6. The first-order valence-electron chi connectivity index (χ1n) is 25.5. The van der Waals surface area contributed by atoms with Gasteiger partial charge in [-0.3, -0.25) is 9.59 Å². The number of unbranched alkanes of at least 4 members (excludes halogenated alkanes) is 23. The SMILES string of the molecule is CCCCC/C=C\C/C=C\C/C=C\CCCCC(CC(=O)NC(CO)C(O)CCCCCCCCCCCCCCC)OC(=O)CC/C=C/C/C=C\CCCCCCCC. The quantitative estimate of drug-likeness (QED) is 0.0322. The molecular weight excluding hydrogens is 743 g/mol. The Morgan fingerprint density at radius 2 is 0.850 bits per heavy atom. The highest BCUT2D eigenvalue weighted by molar-refractivity contribution is 5.77. The summed E-state index contributed by atoms with van der Waals surface area (Å²) in [5.41, 5.74) is 0. The van der Waals surface area contributed by atoms with E-state index >= 15 is 0 Å². The fraction of sp³-hybridized carbons (Fsp3) is 0.778. The van der Waals surface area contributed by atoms with E-state index in [0.717, 1.165) is 64.2 Å². The molecule has 60 heavy (non-hydrogen) atoms. The van der Waals surface area contributed by atoms with E-state index in [1.807, 2.05) is 6.08 Å². The van der Waals surface area contributed by atoms with E-state index in [2.05, 4.69) is 80.8 Å². The van der Waals surface area contributed by atoms with Crippen LogP contribution in [-0.4, -0.2) is 46.9 Å². The van der Waals surface area contributed by atoms with E-state index in [4.69, 9.17) is 4.74 Å². The van der Waals surface area contributed by atoms with Crippen LogP contribution in [0.3, 0.4) is 0 Å². The highest BCUT2D eigenvalue weighted by Gasteiger charge is 2.24. The Hall–Kier alpha value is -2.44. The van der Waals surface area contributed by atoms with Crippen molar-refractivity contribution < 1.29 is 24.5 Å². The molecule has 3 unspecified atom stereocenters. The highest BCUT2D eigenvalue weighted by atomic mass is 16.5. The first-order valence-corrected chi connectivity index (χ1v) is 25.5. The van der Waals surface area contributed by atoms with Crippen molar-refractivity contribution in [3.8, 4) is 0 Å². The van der Waals surface area contributed by atoms with Gasteiger partial charge < -0.3 is 20.3 Å². The molecule has 0 aromatic carbocycles. The molecule has 6 nitrogen and oxygen atoms in total. The molecule has 0 bridgehead atoms. The largest absolute Gasteiger partial charge is 0.462 e. The predicted molar refractivity (Wildman–Crippen MR) is 259 cm³/mol. The van der Waals surface area contributed by atoms with E-state index in [9.17, 15) is 19.8 Å². The highest BCUT2D eigenvalue weighted by Crippen LogP contribution is 2.16. The van der Waals surface area contributed by atoms with Gasteiger partial charge in [0.2, 0.25) is 5.91 Å². The summed E-state index contributed by atoms with van der Waals surface area (Å²) in [6.45, 7) is 6.42. The summed E-state index contributed by atoms with van der Waals surface area (Å²) in [7, 11) is 0. The minimum atomic E-state index is -0.807. The lowest BCUT2D eigenvalue weighted by atomic mass is 10.0. The summed E-state index contributed by atoms with van der Waals surface area (Å²) < 4.78 is 5.87. The minimum absolute atomic E-state index is 0.0284. The number of nitrogens with one attached hydrogen (secondary N) is 1. The Labute approximate surface area is 371 Å². The summed E-state index contributed by atoms with van der Waals surface area (Å²) >= 11 is 0. The molecule has 0 radical (unpaired) electrons. The fourth-order valence-corrected chi connectivity index (χ4v) is 7.43. The number of hydrogen-bond acceptors (Lipinski definition) is 5. The van der Waals surface area contributed by atoms with E-state index < -0.39 is 18.2 Å². The Morgan fingerprint density at radius 1 is 0.483 bits per heavy atom. The third kappa shape index (κ3) is 42.3. The van der Waals surface area contributed by atoms with Crippen LogP contribution in [0.25, 0.3) is 0 Å². The summed E-state index contributed by atoms with van der Waals surface area (Å²) in [5, 5.41) is 23.7. The minimum Gasteiger partial charge on any atom is -0.462 e. The van der Waals surface area contributed by atoms with Crippen LogP contribution in [0.2, 0.25) is 0 Å². The van der Waals surface area contributed by atoms with Crippen LogP contribution in [0, 0.1) is 0 Å². The molecule has 0 heterocycles. The average Bonchev–Trinajstić information content (AvgIpc) is 3.24. The Morgan fingerprint density at radius 3 is 1.33 bits per heavy atom. The molecule has 0 saturated heterocycles. The van der Waals surface area contributed by atoms with Gasteiger partial charge in [0.05, 0.1) is 25.2 Å². The average molecular weight is 840 g/mol. The van der Waals surface area contributed by atoms with Crippen LogP contribution < -0.4 is 5.32 Å². The molecule has 0 fully saturated rings. The fourth-order valence-electron chi connectivity index (χ4n) is 7.43. The number of carbonyl (C=O) groups is 2. The van der Waals surface area contributed by atoms with Crippen molar-refractivity contribution >= 4 is 11.9 Å². The van der Waals surface area contributed by atoms with Crippen LogP contribution in [0.1, 0.15) is 245 Å². The van der Waals surface area contributed by atoms with Crippen molar-refractivity contribution in [2.75, 3.05) is 6.61 Å². The molecule has 0 aromatic rings. The second-order valence-electron chi connectivity index (χ2n) is 17.2. The van der Waals surface area contributed by atoms with Crippen LogP contribution in [0.4, 0.5) is 0 Å². The molecule has 1 amide bonds. The van der Waals surface area contributed by atoms with E-state index in [-0.39, 0.29) is 31.3 Å². The second kappa shape index (κ2) is 47.6. The maximum atomic E-state index is 13.2. The molecule has 6 heteroatoms. The van der Waals surface area contributed by atoms with Crippen molar-refractivity contribution in [2.45, 2.75) is 264 Å². The Balaban J connectivity index is 4.73. The second-order valence-corrected chi connectivity index (χ2v) is 17.2. The van der Waals surface area contributed by atoms with Crippen molar-refractivity contribution in [1.82, 2.24) is 5.32 Å². The standard InChI is InChI=1S/C54H97NO5/c1-4-7-10-13-16-19-22-25-26-29-30-33-36-39-42-45-50(60-54(59)47-44-41-38-35-32-28-24-21-18-15-12-9-6-3)48-53(58)55-51(49-56)52(57)46-43-40-37-34-31-27-23-20-17-14-11-8-5-2/h16,19,25-26,28,30,32-33,38,41,50-52,56-57H,4-15,17-18,20-24,27,29,31,34-37,39-40,42-49H2,1-3H3,(H,55,58)/b19-16-,26-25-,32-28-,33-30-,41-38+. The Bertz CT molecular complexity index is 1080. The lowest BCUT2D eigenvalue weighted by Gasteiger charge is -2.24. The van der Waals surface area contributed by atoms with Crippen LogP contribution in [0.5, 0.6) is 0 Å². The van der Waals surface area contributed by atoms with Crippen LogP contribution >= 0.6 is 0 Å². The van der Waals surface area contributed by atoms with Crippen molar-refractivity contribution in [3.05, 3.63) is 60.8 Å². The van der Waals surface area contributed by atoms with Crippen molar-refractivity contribution in [3.63, 3.8) is 0 Å². The van der Waals surface area contributed by atoms with Crippen molar-refractivity contribution in [2.24, 2.45) is 0 Å². The first kappa shape index (κ1) is 57.6. The molecule has 0 aliphatic heterocycles. The predicted octanol–water partition coefficient (Wildman–Crippen LogP) is 15.2. The zero-order valence-corrected chi connectivity index (χ0v) is 39.6. The molecule has 0 spiro atoms. The van der Waals surface area contributed by atoms with Gasteiger partial charge in [-0.25, -0.2) is 0 Å². The van der Waals surface area contributed by atoms with E-state index in [1.54, 1.807) is 0 Å². The van der Waals surface area contributed by atoms with E-state index in [1.165, 1.54) is 128 Å². The maximum absolute atomic E-state index is 13.2. The molecular formula is C54H97NO5. The summed E-state index contributed by atoms with van der Waals surface area (Å²) in [4.78, 5) is 26.1. The van der Waals surface area contributed by atoms with Gasteiger partial charge in [-0.05, 0) is 83.5 Å². The molecule has 0 aliphatic carbocycles. The van der Waals surface area contributed by atoms with Gasteiger partial charge >= 0.3 is 5.97 Å². The number of ether oxygens (including phenoxy) is 1. The number of allylic oxidation sites excluding steroid dienone is 10. The molecule has 0 aliphatic rings. The van der Waals surface area contributed by atoms with Gasteiger partial charge in [0.15, 0.2) is 0 Å². The Kier molecular flexibility index (Phi) is 45.7. The van der Waals surface area contributed by atoms with Gasteiger partial charge in [-0.2, -0.15) is 0 Å². The maximum Gasteiger partial charge on any atom is 0.306 e. The topological polar surface area (TPSA) is 95.9 Å². The van der Waals surface area contributed by atoms with Crippen molar-refractivity contribution in [1.29, 1.82) is 0 Å². The van der Waals surface area contributed by atoms with Crippen LogP contribution in [-0.2, 0) is 14.3 Å². The number of aliphatic hydroxyl groups is 2. The summed E-state index contributed by atoms with van der Waals surface area (Å²) in [5.74, 6) is -0.592. The van der Waals surface area contributed by atoms with Gasteiger partial charge in [-0.1, -0.05) is 210 Å². The van der Waals surface area contributed by atoms with Gasteiger partial charge in [0, 0.05) is 6.42 Å².